The van der Waals surface area contributed by atoms with Gasteiger partial charge in [0.05, 0.1) is 25.4 Å². The lowest BCUT2D eigenvalue weighted by molar-refractivity contribution is -0.143. The van der Waals surface area contributed by atoms with E-state index in [1.807, 2.05) is 0 Å². The molecule has 0 bridgehead atoms. The SMILES string of the molecule is CCCCCCC/C=C\CCCCCCCC(=O)OCCCCCCCCCCCCCCCC/C=C\CCCCCCCCCCCCCCCCCCCC(=O)NC(CO)C(O)CCCCCCCCCCCCCCCCCCCCCCC. The fourth-order valence-electron chi connectivity index (χ4n) is 12.9. The van der Waals surface area contributed by atoms with Crippen LogP contribution < -0.4 is 5.32 Å². The number of esters is 1. The maximum atomic E-state index is 12.6. The van der Waals surface area contributed by atoms with Gasteiger partial charge in [0.2, 0.25) is 5.91 Å². The van der Waals surface area contributed by atoms with Gasteiger partial charge in [0.15, 0.2) is 0 Å². The number of carbonyl (C=O) groups is 2. The van der Waals surface area contributed by atoms with Crippen molar-refractivity contribution in [1.29, 1.82) is 0 Å². The van der Waals surface area contributed by atoms with E-state index in [4.69, 9.17) is 4.74 Å². The lowest BCUT2D eigenvalue weighted by Gasteiger charge is -2.22. The van der Waals surface area contributed by atoms with Gasteiger partial charge in [0.1, 0.15) is 0 Å². The highest BCUT2D eigenvalue weighted by atomic mass is 16.5. The number of amides is 1. The van der Waals surface area contributed by atoms with E-state index in [1.165, 1.54) is 379 Å². The number of rotatable bonds is 76. The van der Waals surface area contributed by atoms with Gasteiger partial charge in [-0.05, 0) is 77.0 Å². The van der Waals surface area contributed by atoms with E-state index in [0.29, 0.717) is 25.9 Å². The summed E-state index contributed by atoms with van der Waals surface area (Å²) in [5, 5.41) is 23.5. The highest BCUT2D eigenvalue weighted by Crippen LogP contribution is 2.20. The van der Waals surface area contributed by atoms with E-state index in [9.17, 15) is 19.8 Å². The molecule has 2 unspecified atom stereocenters. The molecule has 6 heteroatoms. The van der Waals surface area contributed by atoms with Crippen molar-refractivity contribution < 1.29 is 24.5 Å². The van der Waals surface area contributed by atoms with Crippen LogP contribution >= 0.6 is 0 Å². The Morgan fingerprint density at radius 3 is 0.816 bits per heavy atom. The Morgan fingerprint density at radius 1 is 0.310 bits per heavy atom. The molecule has 0 aromatic rings. The molecule has 1 amide bonds. The molecule has 6 nitrogen and oxygen atoms in total. The third kappa shape index (κ3) is 73.3. The highest BCUT2D eigenvalue weighted by molar-refractivity contribution is 5.76. The van der Waals surface area contributed by atoms with Crippen LogP contribution in [0.15, 0.2) is 24.3 Å². The molecule has 0 aliphatic rings. The summed E-state index contributed by atoms with van der Waals surface area (Å²) in [5.74, 6) is -0.0135. The molecule has 0 radical (unpaired) electrons. The number of nitrogens with one attached hydrogen (secondary N) is 1. The molecule has 0 saturated heterocycles. The second-order valence-electron chi connectivity index (χ2n) is 27.7. The number of aliphatic hydroxyl groups excluding tert-OH is 2. The van der Waals surface area contributed by atoms with Gasteiger partial charge in [0, 0.05) is 12.8 Å². The number of hydrogen-bond donors (Lipinski definition) is 3. The van der Waals surface area contributed by atoms with Crippen LogP contribution in [0.3, 0.4) is 0 Å². The zero-order chi connectivity index (χ0) is 62.8. The van der Waals surface area contributed by atoms with Crippen molar-refractivity contribution >= 4 is 11.9 Å². The van der Waals surface area contributed by atoms with Crippen LogP contribution in [-0.2, 0) is 14.3 Å². The summed E-state index contributed by atoms with van der Waals surface area (Å²) in [6.07, 6.45) is 98.5. The van der Waals surface area contributed by atoms with Gasteiger partial charge in [-0.1, -0.05) is 391 Å². The van der Waals surface area contributed by atoms with E-state index in [0.717, 1.165) is 44.9 Å². The first-order chi connectivity index (χ1) is 43.0. The Labute approximate surface area is 545 Å². The number of allylic oxidation sites excluding steroid dienone is 4. The summed E-state index contributed by atoms with van der Waals surface area (Å²) in [6.45, 7) is 4.99. The first kappa shape index (κ1) is 85.3. The van der Waals surface area contributed by atoms with Crippen molar-refractivity contribution in [3.05, 3.63) is 24.3 Å². The van der Waals surface area contributed by atoms with Crippen LogP contribution in [0.2, 0.25) is 0 Å². The van der Waals surface area contributed by atoms with Gasteiger partial charge < -0.3 is 20.3 Å². The summed E-state index contributed by atoms with van der Waals surface area (Å²) in [5.41, 5.74) is 0. The number of aliphatic hydroxyl groups is 2. The zero-order valence-electron chi connectivity index (χ0n) is 59.3. The predicted octanol–water partition coefficient (Wildman–Crippen LogP) is 26.4. The topological polar surface area (TPSA) is 95.9 Å². The normalized spacial score (nSPS) is 12.6. The third-order valence-corrected chi connectivity index (χ3v) is 19.0. The number of ether oxygens (including phenoxy) is 1. The monoisotopic (exact) mass is 1220 g/mol. The molecule has 2 atom stereocenters. The predicted molar refractivity (Wildman–Crippen MR) is 384 cm³/mol. The highest BCUT2D eigenvalue weighted by Gasteiger charge is 2.20. The smallest absolute Gasteiger partial charge is 0.305 e. The van der Waals surface area contributed by atoms with E-state index in [-0.39, 0.29) is 18.5 Å². The molecule has 0 heterocycles. The van der Waals surface area contributed by atoms with E-state index in [1.54, 1.807) is 0 Å². The Hall–Kier alpha value is -1.66. The number of hydrogen-bond acceptors (Lipinski definition) is 5. The van der Waals surface area contributed by atoms with E-state index in [2.05, 4.69) is 43.5 Å². The van der Waals surface area contributed by atoms with E-state index < -0.39 is 12.1 Å². The molecule has 3 N–H and O–H groups in total. The second-order valence-corrected chi connectivity index (χ2v) is 27.7. The molecule has 0 aromatic heterocycles. The van der Waals surface area contributed by atoms with Crippen molar-refractivity contribution in [2.24, 2.45) is 0 Å². The maximum Gasteiger partial charge on any atom is 0.305 e. The first-order valence-corrected chi connectivity index (χ1v) is 40.1. The molecular weight excluding hydrogens is 1070 g/mol. The fourth-order valence-corrected chi connectivity index (χ4v) is 12.9. The summed E-state index contributed by atoms with van der Waals surface area (Å²) >= 11 is 0. The van der Waals surface area contributed by atoms with Gasteiger partial charge in [-0.15, -0.1) is 0 Å². The molecular formula is C81H157NO5. The van der Waals surface area contributed by atoms with Gasteiger partial charge in [-0.3, -0.25) is 9.59 Å². The van der Waals surface area contributed by atoms with Crippen LogP contribution in [0.1, 0.15) is 457 Å². The second kappa shape index (κ2) is 76.8. The maximum absolute atomic E-state index is 12.6. The standard InChI is InChI=1S/C81H157NO5/c1-3-5-7-9-11-13-15-17-19-20-21-37-40-43-46-49-53-57-61-65-69-73-79(84)78(77-83)82-80(85)74-70-66-62-58-54-50-47-44-41-38-35-33-31-29-27-25-23-22-24-26-28-30-32-34-36-39-42-45-48-52-56-60-64-68-72-76-87-81(86)75-71-67-63-59-55-51-18-16-14-12-10-8-6-4-2/h16,18,24,26,78-79,83-84H,3-15,17,19-23,25,27-77H2,1-2H3,(H,82,85)/b18-16-,26-24-. The largest absolute Gasteiger partial charge is 0.466 e. The van der Waals surface area contributed by atoms with Gasteiger partial charge in [-0.2, -0.15) is 0 Å². The zero-order valence-corrected chi connectivity index (χ0v) is 59.3. The molecule has 0 fully saturated rings. The summed E-state index contributed by atoms with van der Waals surface area (Å²) in [4.78, 5) is 24.6. The molecule has 0 rings (SSSR count). The number of carbonyl (C=O) groups excluding carboxylic acids is 2. The Bertz CT molecular complexity index is 1360. The minimum Gasteiger partial charge on any atom is -0.466 e. The van der Waals surface area contributed by atoms with Crippen LogP contribution in [0.4, 0.5) is 0 Å². The van der Waals surface area contributed by atoms with Gasteiger partial charge in [0.25, 0.3) is 0 Å². The Kier molecular flexibility index (Phi) is 75.3. The van der Waals surface area contributed by atoms with Crippen LogP contribution in [-0.4, -0.2) is 47.4 Å². The molecule has 0 spiro atoms. The summed E-state index contributed by atoms with van der Waals surface area (Å²) in [6, 6.07) is -0.539. The minimum absolute atomic E-state index is 0.0126. The molecule has 0 aromatic carbocycles. The Morgan fingerprint density at radius 2 is 0.540 bits per heavy atom. The molecule has 0 aliphatic carbocycles. The third-order valence-electron chi connectivity index (χ3n) is 19.0. The van der Waals surface area contributed by atoms with Crippen molar-refractivity contribution in [3.63, 3.8) is 0 Å². The van der Waals surface area contributed by atoms with Gasteiger partial charge >= 0.3 is 5.97 Å². The van der Waals surface area contributed by atoms with E-state index >= 15 is 0 Å². The van der Waals surface area contributed by atoms with Crippen molar-refractivity contribution in [2.75, 3.05) is 13.2 Å². The lowest BCUT2D eigenvalue weighted by atomic mass is 10.0. The summed E-state index contributed by atoms with van der Waals surface area (Å²) in [7, 11) is 0. The van der Waals surface area contributed by atoms with Gasteiger partial charge in [-0.25, -0.2) is 0 Å². The quantitative estimate of drug-likeness (QED) is 0.0320. The average molecular weight is 1230 g/mol. The molecule has 87 heavy (non-hydrogen) atoms. The van der Waals surface area contributed by atoms with Crippen LogP contribution in [0, 0.1) is 0 Å². The fraction of sp³-hybridized carbons (Fsp3) is 0.926. The molecule has 0 aliphatic heterocycles. The molecule has 516 valence electrons. The van der Waals surface area contributed by atoms with Crippen LogP contribution in [0.25, 0.3) is 0 Å². The first-order valence-electron chi connectivity index (χ1n) is 40.1. The van der Waals surface area contributed by atoms with Crippen molar-refractivity contribution in [1.82, 2.24) is 5.32 Å². The van der Waals surface area contributed by atoms with Crippen molar-refractivity contribution in [2.45, 2.75) is 469 Å². The summed E-state index contributed by atoms with van der Waals surface area (Å²) < 4.78 is 5.49. The average Bonchev–Trinajstić information content (AvgIpc) is 3.52. The van der Waals surface area contributed by atoms with Crippen molar-refractivity contribution in [3.8, 4) is 0 Å². The Balaban J connectivity index is 3.34. The minimum atomic E-state index is -0.663. The molecule has 0 saturated carbocycles. The lowest BCUT2D eigenvalue weighted by Crippen LogP contribution is -2.45. The van der Waals surface area contributed by atoms with Crippen LogP contribution in [0.5, 0.6) is 0 Å². The number of unbranched alkanes of at least 4 members (excludes halogenated alkanes) is 61.